The van der Waals surface area contributed by atoms with Gasteiger partial charge in [0, 0.05) is 5.57 Å². The van der Waals surface area contributed by atoms with Crippen LogP contribution in [-0.2, 0) is 9.47 Å². The fraction of sp³-hybridized carbons (Fsp3) is 0.250. The lowest BCUT2D eigenvalue weighted by molar-refractivity contribution is -0.0463. The van der Waals surface area contributed by atoms with E-state index in [-0.39, 0.29) is 6.10 Å². The van der Waals surface area contributed by atoms with E-state index < -0.39 is 0 Å². The number of fused-ring (bicyclic) bond motifs is 1. The fourth-order valence-corrected chi connectivity index (χ4v) is 0.969. The lowest BCUT2D eigenvalue weighted by Gasteiger charge is -2.21. The molecule has 0 aromatic heterocycles. The van der Waals surface area contributed by atoms with Crippen LogP contribution < -0.4 is 0 Å². The van der Waals surface area contributed by atoms with Crippen LogP contribution in [0.25, 0.3) is 0 Å². The van der Waals surface area contributed by atoms with Crippen molar-refractivity contribution in [1.82, 2.24) is 0 Å². The van der Waals surface area contributed by atoms with Gasteiger partial charge in [0.05, 0.1) is 6.26 Å². The predicted octanol–water partition coefficient (Wildman–Crippen LogP) is 1.17. The van der Waals surface area contributed by atoms with E-state index in [9.17, 15) is 0 Å². The number of hydrogen-bond acceptors (Lipinski definition) is 2. The highest BCUT2D eigenvalue weighted by molar-refractivity contribution is 5.29. The normalized spacial score (nSPS) is 28.8. The van der Waals surface area contributed by atoms with E-state index in [4.69, 9.17) is 9.47 Å². The van der Waals surface area contributed by atoms with Crippen molar-refractivity contribution in [2.45, 2.75) is 6.10 Å². The van der Waals surface area contributed by atoms with Crippen molar-refractivity contribution >= 4 is 0 Å². The summed E-state index contributed by atoms with van der Waals surface area (Å²) in [6, 6.07) is 0. The van der Waals surface area contributed by atoms with E-state index in [1.165, 1.54) is 0 Å². The zero-order valence-electron chi connectivity index (χ0n) is 5.41. The highest BCUT2D eigenvalue weighted by Gasteiger charge is 2.15. The molecule has 1 aliphatic heterocycles. The maximum atomic E-state index is 5.22. The second kappa shape index (κ2) is 2.31. The molecule has 0 fully saturated rings. The van der Waals surface area contributed by atoms with Gasteiger partial charge in [-0.15, -0.1) is 0 Å². The lowest BCUT2D eigenvalue weighted by Crippen LogP contribution is -2.19. The molecule has 1 atom stereocenters. The van der Waals surface area contributed by atoms with Gasteiger partial charge in [-0.05, 0) is 6.08 Å². The Morgan fingerprint density at radius 1 is 1.60 bits per heavy atom. The van der Waals surface area contributed by atoms with E-state index in [1.807, 2.05) is 18.2 Å². The zero-order valence-corrected chi connectivity index (χ0v) is 5.41. The summed E-state index contributed by atoms with van der Waals surface area (Å²) in [6.45, 7) is 0.347. The second-order valence-corrected chi connectivity index (χ2v) is 2.14. The van der Waals surface area contributed by atoms with Crippen LogP contribution in [0.1, 0.15) is 0 Å². The molecule has 2 nitrogen and oxygen atoms in total. The van der Waals surface area contributed by atoms with E-state index in [0.717, 1.165) is 5.57 Å². The van der Waals surface area contributed by atoms with Crippen molar-refractivity contribution in [3.63, 3.8) is 0 Å². The summed E-state index contributed by atoms with van der Waals surface area (Å²) in [6.07, 6.45) is 10.5. The van der Waals surface area contributed by atoms with Crippen molar-refractivity contribution < 1.29 is 9.47 Å². The quantitative estimate of drug-likeness (QED) is 0.496. The van der Waals surface area contributed by atoms with Gasteiger partial charge in [0.2, 0.25) is 0 Å². The molecule has 0 aromatic rings. The van der Waals surface area contributed by atoms with Gasteiger partial charge in [-0.2, -0.15) is 0 Å². The number of allylic oxidation sites excluding steroid dienone is 2. The molecule has 2 rings (SSSR count). The molecule has 51 valence electrons. The Kier molecular flexibility index (Phi) is 1.32. The number of rotatable bonds is 0. The number of ether oxygens (including phenoxy) is 2. The average molecular weight is 135 g/mol. The minimum Gasteiger partial charge on any atom is -0.475 e. The van der Waals surface area contributed by atoms with Crippen molar-refractivity contribution in [1.29, 1.82) is 0 Å². The molecule has 0 spiro atoms. The van der Waals surface area contributed by atoms with Crippen LogP contribution in [0, 0.1) is 6.08 Å². The van der Waals surface area contributed by atoms with Crippen LogP contribution >= 0.6 is 0 Å². The molecule has 10 heavy (non-hydrogen) atoms. The maximum Gasteiger partial charge on any atom is 0.189 e. The molecule has 0 aromatic carbocycles. The van der Waals surface area contributed by atoms with Gasteiger partial charge in [-0.25, -0.2) is 0 Å². The molecule has 1 unspecified atom stereocenters. The molecule has 0 N–H and O–H groups in total. The van der Waals surface area contributed by atoms with Gasteiger partial charge < -0.3 is 9.47 Å². The van der Waals surface area contributed by atoms with Crippen LogP contribution in [-0.4, -0.2) is 12.9 Å². The Morgan fingerprint density at radius 2 is 2.60 bits per heavy atom. The Bertz CT molecular complexity index is 213. The predicted molar refractivity (Wildman–Crippen MR) is 35.9 cm³/mol. The SMILES string of the molecule is [C]1=CC=CC2OCOC=C12. The van der Waals surface area contributed by atoms with Crippen LogP contribution in [0.3, 0.4) is 0 Å². The summed E-state index contributed by atoms with van der Waals surface area (Å²) in [5.41, 5.74) is 0.966. The first-order valence-electron chi connectivity index (χ1n) is 3.16. The van der Waals surface area contributed by atoms with E-state index in [2.05, 4.69) is 6.08 Å². The van der Waals surface area contributed by atoms with Gasteiger partial charge in [-0.3, -0.25) is 0 Å². The van der Waals surface area contributed by atoms with Crippen molar-refractivity contribution in [2.24, 2.45) is 0 Å². The molecule has 1 radical (unpaired) electrons. The number of hydrogen-bond donors (Lipinski definition) is 0. The van der Waals surface area contributed by atoms with Crippen LogP contribution in [0.2, 0.25) is 0 Å². The van der Waals surface area contributed by atoms with Crippen molar-refractivity contribution in [2.75, 3.05) is 6.79 Å². The Hall–Kier alpha value is -1.02. The Morgan fingerprint density at radius 3 is 3.50 bits per heavy atom. The third-order valence-corrected chi connectivity index (χ3v) is 1.46. The smallest absolute Gasteiger partial charge is 0.189 e. The highest BCUT2D eigenvalue weighted by atomic mass is 16.7. The topological polar surface area (TPSA) is 18.5 Å². The van der Waals surface area contributed by atoms with Gasteiger partial charge in [0.15, 0.2) is 6.79 Å². The first-order valence-corrected chi connectivity index (χ1v) is 3.16. The second-order valence-electron chi connectivity index (χ2n) is 2.14. The Balaban J connectivity index is 2.27. The third-order valence-electron chi connectivity index (χ3n) is 1.46. The minimum atomic E-state index is 0.0683. The molecular weight excluding hydrogens is 128 g/mol. The van der Waals surface area contributed by atoms with Crippen LogP contribution in [0.15, 0.2) is 30.1 Å². The lowest BCUT2D eigenvalue weighted by atomic mass is 10.1. The standard InChI is InChI=1S/C8H7O2/c1-2-4-8-7(3-1)5-9-6-10-8/h1-2,4-5,8H,6H2. The largest absolute Gasteiger partial charge is 0.475 e. The molecule has 1 heterocycles. The summed E-state index contributed by atoms with van der Waals surface area (Å²) in [4.78, 5) is 0. The van der Waals surface area contributed by atoms with Crippen LogP contribution in [0.5, 0.6) is 0 Å². The molecule has 0 saturated heterocycles. The van der Waals surface area contributed by atoms with Gasteiger partial charge in [0.25, 0.3) is 0 Å². The highest BCUT2D eigenvalue weighted by Crippen LogP contribution is 2.17. The zero-order chi connectivity index (χ0) is 6.81. The third kappa shape index (κ3) is 0.866. The first-order chi connectivity index (χ1) is 4.97. The average Bonchev–Trinajstić information content (AvgIpc) is 2.05. The van der Waals surface area contributed by atoms with Crippen molar-refractivity contribution in [3.8, 4) is 0 Å². The summed E-state index contributed by atoms with van der Waals surface area (Å²) in [5.74, 6) is 0. The first kappa shape index (κ1) is 5.74. The van der Waals surface area contributed by atoms with E-state index in [1.54, 1.807) is 6.26 Å². The molecule has 2 heteroatoms. The van der Waals surface area contributed by atoms with Gasteiger partial charge in [0.1, 0.15) is 6.10 Å². The molecule has 0 saturated carbocycles. The Labute approximate surface area is 59.4 Å². The summed E-state index contributed by atoms with van der Waals surface area (Å²) < 4.78 is 10.2. The molecule has 0 bridgehead atoms. The monoisotopic (exact) mass is 135 g/mol. The van der Waals surface area contributed by atoms with E-state index in [0.29, 0.717) is 6.79 Å². The summed E-state index contributed by atoms with van der Waals surface area (Å²) >= 11 is 0. The maximum absolute atomic E-state index is 5.22. The van der Waals surface area contributed by atoms with E-state index >= 15 is 0 Å². The summed E-state index contributed by atoms with van der Waals surface area (Å²) in [7, 11) is 0. The minimum absolute atomic E-state index is 0.0683. The van der Waals surface area contributed by atoms with Gasteiger partial charge >= 0.3 is 0 Å². The van der Waals surface area contributed by atoms with Crippen molar-refractivity contribution in [3.05, 3.63) is 36.1 Å². The fourth-order valence-electron chi connectivity index (χ4n) is 0.969. The molecular formula is C8H7O2. The molecule has 0 amide bonds. The molecule has 2 aliphatic rings. The van der Waals surface area contributed by atoms with Crippen LogP contribution in [0.4, 0.5) is 0 Å². The summed E-state index contributed by atoms with van der Waals surface area (Å²) in [5, 5.41) is 0. The van der Waals surface area contributed by atoms with Gasteiger partial charge in [-0.1, -0.05) is 18.2 Å². The molecule has 1 aliphatic carbocycles.